The first kappa shape index (κ1) is 18.7. The second-order valence-corrected chi connectivity index (χ2v) is 6.09. The molecule has 1 aromatic carbocycles. The highest BCUT2D eigenvalue weighted by molar-refractivity contribution is 5.87. The van der Waals surface area contributed by atoms with Crippen LogP contribution in [0, 0.1) is 0 Å². The Hall–Kier alpha value is -2.30. The molecule has 0 saturated heterocycles. The third-order valence-corrected chi connectivity index (χ3v) is 3.07. The van der Waals surface area contributed by atoms with Gasteiger partial charge in [-0.1, -0.05) is 31.2 Å². The Morgan fingerprint density at radius 3 is 2.48 bits per heavy atom. The fourth-order valence-electron chi connectivity index (χ4n) is 2.06. The van der Waals surface area contributed by atoms with E-state index in [-0.39, 0.29) is 6.04 Å². The summed E-state index contributed by atoms with van der Waals surface area (Å²) in [6, 6.07) is 7.37. The molecule has 0 aliphatic rings. The third kappa shape index (κ3) is 6.55. The first-order valence-electron chi connectivity index (χ1n) is 7.61. The lowest BCUT2D eigenvalue weighted by molar-refractivity contribution is -0.134. The van der Waals surface area contributed by atoms with Gasteiger partial charge in [-0.25, -0.2) is 9.59 Å². The number of benzene rings is 1. The summed E-state index contributed by atoms with van der Waals surface area (Å²) < 4.78 is 9.91. The molecule has 0 radical (unpaired) electrons. The van der Waals surface area contributed by atoms with Gasteiger partial charge in [0.15, 0.2) is 0 Å². The predicted molar refractivity (Wildman–Crippen MR) is 89.9 cm³/mol. The number of ether oxygens (including phenoxy) is 2. The summed E-state index contributed by atoms with van der Waals surface area (Å²) in [6.45, 7) is 7.44. The van der Waals surface area contributed by atoms with Gasteiger partial charge in [0.1, 0.15) is 5.60 Å². The van der Waals surface area contributed by atoms with Crippen LogP contribution in [0.15, 0.2) is 30.3 Å². The average Bonchev–Trinajstić information content (AvgIpc) is 2.48. The molecule has 5 heteroatoms. The van der Waals surface area contributed by atoms with Crippen LogP contribution in [0.1, 0.15) is 51.3 Å². The maximum atomic E-state index is 12.0. The number of carbonyl (C=O) groups excluding carboxylic acids is 2. The van der Waals surface area contributed by atoms with Crippen molar-refractivity contribution in [3.05, 3.63) is 41.5 Å². The normalized spacial score (nSPS) is 12.7. The molecule has 126 valence electrons. The lowest BCUT2D eigenvalue weighted by atomic mass is 9.98. The van der Waals surface area contributed by atoms with Gasteiger partial charge < -0.3 is 14.8 Å². The minimum atomic E-state index is -0.549. The molecule has 1 rings (SSSR count). The monoisotopic (exact) mass is 319 g/mol. The van der Waals surface area contributed by atoms with Crippen LogP contribution in [-0.2, 0) is 14.3 Å². The average molecular weight is 319 g/mol. The van der Waals surface area contributed by atoms with Crippen molar-refractivity contribution in [2.24, 2.45) is 0 Å². The van der Waals surface area contributed by atoms with E-state index in [4.69, 9.17) is 4.74 Å². The van der Waals surface area contributed by atoms with E-state index in [1.165, 1.54) is 13.2 Å². The zero-order valence-electron chi connectivity index (χ0n) is 14.4. The summed E-state index contributed by atoms with van der Waals surface area (Å²) in [7, 11) is 1.33. The van der Waals surface area contributed by atoms with Gasteiger partial charge in [-0.2, -0.15) is 0 Å². The molecule has 0 saturated carbocycles. The molecule has 0 fully saturated rings. The summed E-state index contributed by atoms with van der Waals surface area (Å²) in [5.74, 6) is -0.423. The van der Waals surface area contributed by atoms with Crippen LogP contribution in [0.5, 0.6) is 0 Å². The minimum absolute atomic E-state index is 0.205. The number of rotatable bonds is 5. The summed E-state index contributed by atoms with van der Waals surface area (Å²) in [5, 5.41) is 2.87. The molecule has 5 nitrogen and oxygen atoms in total. The molecular weight excluding hydrogens is 294 g/mol. The number of nitrogens with one attached hydrogen (secondary N) is 1. The molecule has 0 aliphatic heterocycles. The second-order valence-electron chi connectivity index (χ2n) is 6.09. The van der Waals surface area contributed by atoms with Crippen LogP contribution in [-0.4, -0.2) is 24.8 Å². The fraction of sp³-hybridized carbons (Fsp3) is 0.444. The summed E-state index contributed by atoms with van der Waals surface area (Å²) in [6.07, 6.45) is 3.28. The molecule has 0 heterocycles. The van der Waals surface area contributed by atoms with Gasteiger partial charge in [0.2, 0.25) is 0 Å². The number of hydrogen-bond acceptors (Lipinski definition) is 4. The van der Waals surface area contributed by atoms with E-state index in [2.05, 4.69) is 10.1 Å². The first-order chi connectivity index (χ1) is 10.8. The molecule has 0 bridgehead atoms. The second kappa shape index (κ2) is 8.36. The van der Waals surface area contributed by atoms with E-state index in [1.807, 2.05) is 52.0 Å². The Kier molecular flexibility index (Phi) is 6.82. The quantitative estimate of drug-likeness (QED) is 0.661. The number of alkyl carbamates (subject to hydrolysis) is 1. The van der Waals surface area contributed by atoms with Crippen molar-refractivity contribution >= 4 is 18.1 Å². The molecule has 1 unspecified atom stereocenters. The van der Waals surface area contributed by atoms with E-state index in [9.17, 15) is 9.59 Å². The van der Waals surface area contributed by atoms with E-state index < -0.39 is 17.7 Å². The highest BCUT2D eigenvalue weighted by atomic mass is 16.6. The first-order valence-corrected chi connectivity index (χ1v) is 7.61. The standard InChI is InChI=1S/C18H25NO4/c1-6-15(19-17(21)23-18(2,3)4)14-10-8-7-9-13(14)11-12-16(20)22-5/h7-12,15H,6H2,1-5H3,(H,19,21)/b12-11+. The lowest BCUT2D eigenvalue weighted by Gasteiger charge is -2.24. The van der Waals surface area contributed by atoms with Crippen LogP contribution in [0.4, 0.5) is 4.79 Å². The molecule has 1 aromatic rings. The van der Waals surface area contributed by atoms with Crippen LogP contribution in [0.3, 0.4) is 0 Å². The molecule has 0 aromatic heterocycles. The molecule has 0 aliphatic carbocycles. The Morgan fingerprint density at radius 1 is 1.26 bits per heavy atom. The van der Waals surface area contributed by atoms with Gasteiger partial charge in [0, 0.05) is 6.08 Å². The van der Waals surface area contributed by atoms with E-state index in [0.29, 0.717) is 6.42 Å². The Bertz CT molecular complexity index is 573. The zero-order chi connectivity index (χ0) is 17.5. The van der Waals surface area contributed by atoms with Gasteiger partial charge in [0.25, 0.3) is 0 Å². The highest BCUT2D eigenvalue weighted by Crippen LogP contribution is 2.23. The van der Waals surface area contributed by atoms with Crippen molar-refractivity contribution in [2.75, 3.05) is 7.11 Å². The van der Waals surface area contributed by atoms with Crippen LogP contribution in [0.25, 0.3) is 6.08 Å². The molecule has 0 spiro atoms. The predicted octanol–water partition coefficient (Wildman–Crippen LogP) is 3.85. The third-order valence-electron chi connectivity index (χ3n) is 3.07. The Morgan fingerprint density at radius 2 is 1.91 bits per heavy atom. The summed E-state index contributed by atoms with van der Waals surface area (Å²) in [5.41, 5.74) is 1.22. The van der Waals surface area contributed by atoms with E-state index in [1.54, 1.807) is 6.08 Å². The van der Waals surface area contributed by atoms with Crippen molar-refractivity contribution in [1.82, 2.24) is 5.32 Å². The van der Waals surface area contributed by atoms with Crippen LogP contribution in [0.2, 0.25) is 0 Å². The van der Waals surface area contributed by atoms with Crippen molar-refractivity contribution in [3.8, 4) is 0 Å². The number of methoxy groups -OCH3 is 1. The zero-order valence-corrected chi connectivity index (χ0v) is 14.4. The lowest BCUT2D eigenvalue weighted by Crippen LogP contribution is -2.35. The fourth-order valence-corrected chi connectivity index (χ4v) is 2.06. The SMILES string of the molecule is CCC(NC(=O)OC(C)(C)C)c1ccccc1/C=C/C(=O)OC. The summed E-state index contributed by atoms with van der Waals surface area (Å²) in [4.78, 5) is 23.3. The largest absolute Gasteiger partial charge is 0.466 e. The van der Waals surface area contributed by atoms with Crippen molar-refractivity contribution in [2.45, 2.75) is 45.8 Å². The Balaban J connectivity index is 2.96. The van der Waals surface area contributed by atoms with Crippen LogP contribution >= 0.6 is 0 Å². The molecular formula is C18H25NO4. The minimum Gasteiger partial charge on any atom is -0.466 e. The number of amides is 1. The number of carbonyl (C=O) groups is 2. The van der Waals surface area contributed by atoms with Gasteiger partial charge >= 0.3 is 12.1 Å². The molecule has 1 amide bonds. The highest BCUT2D eigenvalue weighted by Gasteiger charge is 2.20. The van der Waals surface area contributed by atoms with Crippen molar-refractivity contribution in [3.63, 3.8) is 0 Å². The van der Waals surface area contributed by atoms with E-state index >= 15 is 0 Å². The van der Waals surface area contributed by atoms with Gasteiger partial charge in [0.05, 0.1) is 13.2 Å². The van der Waals surface area contributed by atoms with Crippen molar-refractivity contribution in [1.29, 1.82) is 0 Å². The summed E-state index contributed by atoms with van der Waals surface area (Å²) >= 11 is 0. The smallest absolute Gasteiger partial charge is 0.408 e. The van der Waals surface area contributed by atoms with Gasteiger partial charge in [-0.15, -0.1) is 0 Å². The maximum Gasteiger partial charge on any atom is 0.408 e. The molecule has 1 atom stereocenters. The topological polar surface area (TPSA) is 64.6 Å². The molecule has 23 heavy (non-hydrogen) atoms. The van der Waals surface area contributed by atoms with Crippen LogP contribution < -0.4 is 5.32 Å². The molecule has 1 N–H and O–H groups in total. The maximum absolute atomic E-state index is 12.0. The van der Waals surface area contributed by atoms with E-state index in [0.717, 1.165) is 11.1 Å². The van der Waals surface area contributed by atoms with Crippen molar-refractivity contribution < 1.29 is 19.1 Å². The number of esters is 1. The van der Waals surface area contributed by atoms with Gasteiger partial charge in [-0.3, -0.25) is 0 Å². The number of hydrogen-bond donors (Lipinski definition) is 1. The van der Waals surface area contributed by atoms with Gasteiger partial charge in [-0.05, 0) is 44.4 Å². The Labute approximate surface area is 137 Å².